The van der Waals surface area contributed by atoms with Crippen molar-refractivity contribution in [2.24, 2.45) is 0 Å². The molecule has 32 heavy (non-hydrogen) atoms. The Morgan fingerprint density at radius 2 is 1.41 bits per heavy atom. The Bertz CT molecular complexity index is 921. The molecular formula is C25H32N2O5. The van der Waals surface area contributed by atoms with Gasteiger partial charge in [-0.2, -0.15) is 0 Å². The number of Topliss-reactive ketones (excluding diaryl/α,β-unsaturated/α-hetero) is 1. The zero-order valence-corrected chi connectivity index (χ0v) is 18.5. The number of piperazine rings is 1. The molecule has 1 fully saturated rings. The maximum Gasteiger partial charge on any atom is 0.260 e. The molecule has 1 saturated heterocycles. The Hall–Kier alpha value is -2.93. The fourth-order valence-corrected chi connectivity index (χ4v) is 3.89. The summed E-state index contributed by atoms with van der Waals surface area (Å²) in [5.74, 6) is 0.598. The van der Waals surface area contributed by atoms with Crippen LogP contribution in [0, 0.1) is 0 Å². The zero-order chi connectivity index (χ0) is 22.8. The van der Waals surface area contributed by atoms with Crippen molar-refractivity contribution in [3.05, 3.63) is 42.5 Å². The molecule has 2 amide bonds. The van der Waals surface area contributed by atoms with Gasteiger partial charge >= 0.3 is 0 Å². The highest BCUT2D eigenvalue weighted by Gasteiger charge is 2.24. The molecule has 1 heterocycles. The van der Waals surface area contributed by atoms with E-state index in [9.17, 15) is 14.4 Å². The molecule has 0 saturated carbocycles. The molecule has 1 N–H and O–H groups in total. The lowest BCUT2D eigenvalue weighted by Crippen LogP contribution is -2.51. The maximum atomic E-state index is 12.5. The van der Waals surface area contributed by atoms with E-state index in [-0.39, 0.29) is 30.8 Å². The van der Waals surface area contributed by atoms with Crippen LogP contribution in [0.25, 0.3) is 10.8 Å². The lowest BCUT2D eigenvalue weighted by atomic mass is 10.1. The van der Waals surface area contributed by atoms with Crippen molar-refractivity contribution in [2.45, 2.75) is 38.5 Å². The Labute approximate surface area is 188 Å². The van der Waals surface area contributed by atoms with E-state index in [1.807, 2.05) is 47.4 Å². The smallest absolute Gasteiger partial charge is 0.260 e. The quantitative estimate of drug-likeness (QED) is 0.543. The van der Waals surface area contributed by atoms with Crippen LogP contribution in [0.3, 0.4) is 0 Å². The second-order valence-electron chi connectivity index (χ2n) is 8.17. The summed E-state index contributed by atoms with van der Waals surface area (Å²) in [6.45, 7) is 1.74. The van der Waals surface area contributed by atoms with Gasteiger partial charge in [0.15, 0.2) is 12.4 Å². The number of aliphatic hydroxyl groups is 1. The summed E-state index contributed by atoms with van der Waals surface area (Å²) in [6.07, 6.45) is 4.24. The van der Waals surface area contributed by atoms with Crippen LogP contribution in [0.5, 0.6) is 5.75 Å². The van der Waals surface area contributed by atoms with Crippen LogP contribution >= 0.6 is 0 Å². The SMILES string of the molecule is O=C(CO)CCCCCCC(=O)N1CCN(C(=O)COc2ccc3ccccc3c2)CC1. The minimum absolute atomic E-state index is 0.00886. The van der Waals surface area contributed by atoms with Crippen LogP contribution in [-0.4, -0.2) is 71.9 Å². The molecule has 0 atom stereocenters. The first-order chi connectivity index (χ1) is 15.6. The van der Waals surface area contributed by atoms with Crippen LogP contribution in [-0.2, 0) is 14.4 Å². The third-order valence-corrected chi connectivity index (χ3v) is 5.84. The van der Waals surface area contributed by atoms with Crippen LogP contribution in [0.4, 0.5) is 0 Å². The molecule has 0 spiro atoms. The second kappa shape index (κ2) is 12.2. The van der Waals surface area contributed by atoms with E-state index in [4.69, 9.17) is 9.84 Å². The van der Waals surface area contributed by atoms with Gasteiger partial charge in [0.25, 0.3) is 5.91 Å². The highest BCUT2D eigenvalue weighted by Crippen LogP contribution is 2.20. The minimum Gasteiger partial charge on any atom is -0.484 e. The molecular weight excluding hydrogens is 408 g/mol. The number of hydrogen-bond donors (Lipinski definition) is 1. The number of rotatable bonds is 11. The summed E-state index contributed by atoms with van der Waals surface area (Å²) < 4.78 is 5.70. The predicted molar refractivity (Wildman–Crippen MR) is 122 cm³/mol. The molecule has 0 unspecified atom stereocenters. The van der Waals surface area contributed by atoms with Crippen molar-refractivity contribution in [1.29, 1.82) is 0 Å². The topological polar surface area (TPSA) is 87.2 Å². The van der Waals surface area contributed by atoms with Crippen LogP contribution in [0.15, 0.2) is 42.5 Å². The fourth-order valence-electron chi connectivity index (χ4n) is 3.89. The molecule has 1 aliphatic rings. The van der Waals surface area contributed by atoms with Crippen molar-refractivity contribution < 1.29 is 24.2 Å². The molecule has 2 aromatic rings. The third-order valence-electron chi connectivity index (χ3n) is 5.84. The van der Waals surface area contributed by atoms with Gasteiger partial charge in [0, 0.05) is 39.0 Å². The van der Waals surface area contributed by atoms with Crippen molar-refractivity contribution in [2.75, 3.05) is 39.4 Å². The van der Waals surface area contributed by atoms with E-state index in [0.29, 0.717) is 44.8 Å². The Morgan fingerprint density at radius 3 is 2.09 bits per heavy atom. The molecule has 0 bridgehead atoms. The van der Waals surface area contributed by atoms with Gasteiger partial charge in [-0.25, -0.2) is 0 Å². The molecule has 7 heteroatoms. The molecule has 7 nitrogen and oxygen atoms in total. The number of aliphatic hydroxyl groups excluding tert-OH is 1. The third kappa shape index (κ3) is 7.05. The van der Waals surface area contributed by atoms with E-state index >= 15 is 0 Å². The molecule has 2 aromatic carbocycles. The highest BCUT2D eigenvalue weighted by atomic mass is 16.5. The monoisotopic (exact) mass is 440 g/mol. The van der Waals surface area contributed by atoms with E-state index in [1.165, 1.54) is 0 Å². The number of ether oxygens (including phenoxy) is 1. The lowest BCUT2D eigenvalue weighted by Gasteiger charge is -2.34. The van der Waals surface area contributed by atoms with Crippen molar-refractivity contribution in [1.82, 2.24) is 9.80 Å². The summed E-state index contributed by atoms with van der Waals surface area (Å²) in [4.78, 5) is 39.5. The molecule has 0 aliphatic carbocycles. The number of nitrogens with zero attached hydrogens (tertiary/aromatic N) is 2. The number of fused-ring (bicyclic) bond motifs is 1. The maximum absolute atomic E-state index is 12.5. The Balaban J connectivity index is 1.32. The number of hydrogen-bond acceptors (Lipinski definition) is 5. The second-order valence-corrected chi connectivity index (χ2v) is 8.17. The average Bonchev–Trinajstić information content (AvgIpc) is 2.84. The summed E-state index contributed by atoms with van der Waals surface area (Å²) in [5, 5.41) is 10.9. The Morgan fingerprint density at radius 1 is 0.781 bits per heavy atom. The van der Waals surface area contributed by atoms with Crippen LogP contribution in [0.1, 0.15) is 38.5 Å². The fraction of sp³-hybridized carbons (Fsp3) is 0.480. The van der Waals surface area contributed by atoms with Crippen LogP contribution < -0.4 is 4.74 Å². The average molecular weight is 441 g/mol. The van der Waals surface area contributed by atoms with Gasteiger partial charge in [-0.05, 0) is 35.7 Å². The van der Waals surface area contributed by atoms with Crippen molar-refractivity contribution in [3.8, 4) is 5.75 Å². The number of ketones is 1. The normalized spacial score (nSPS) is 13.9. The molecule has 0 radical (unpaired) electrons. The van der Waals surface area contributed by atoms with E-state index in [1.54, 1.807) is 4.90 Å². The largest absolute Gasteiger partial charge is 0.484 e. The summed E-state index contributed by atoms with van der Waals surface area (Å²) in [6, 6.07) is 13.8. The lowest BCUT2D eigenvalue weighted by molar-refractivity contribution is -0.140. The molecule has 3 rings (SSSR count). The number of carbonyl (C=O) groups excluding carboxylic acids is 3. The Kier molecular flexibility index (Phi) is 9.04. The predicted octanol–water partition coefficient (Wildman–Crippen LogP) is 2.79. The molecule has 172 valence electrons. The van der Waals surface area contributed by atoms with Gasteiger partial charge in [0.2, 0.25) is 5.91 Å². The molecule has 0 aromatic heterocycles. The highest BCUT2D eigenvalue weighted by molar-refractivity contribution is 5.84. The standard InChI is InChI=1S/C25H32N2O5/c28-18-22(29)9-3-1-2-4-10-24(30)26-13-15-27(16-14-26)25(31)19-32-23-12-11-20-7-5-6-8-21(20)17-23/h5-8,11-12,17,28H,1-4,9-10,13-16,18-19H2. The summed E-state index contributed by atoms with van der Waals surface area (Å²) in [7, 11) is 0. The number of benzene rings is 2. The van der Waals surface area contributed by atoms with E-state index in [2.05, 4.69) is 0 Å². The first kappa shape index (κ1) is 23.7. The number of amides is 2. The number of carbonyl (C=O) groups is 3. The van der Waals surface area contributed by atoms with Crippen molar-refractivity contribution >= 4 is 28.4 Å². The first-order valence-electron chi connectivity index (χ1n) is 11.4. The van der Waals surface area contributed by atoms with Gasteiger partial charge in [-0.3, -0.25) is 14.4 Å². The van der Waals surface area contributed by atoms with Gasteiger partial charge in [-0.1, -0.05) is 43.2 Å². The van der Waals surface area contributed by atoms with Gasteiger partial charge in [0.05, 0.1) is 0 Å². The van der Waals surface area contributed by atoms with Crippen molar-refractivity contribution in [3.63, 3.8) is 0 Å². The van der Waals surface area contributed by atoms with E-state index < -0.39 is 0 Å². The minimum atomic E-state index is -0.386. The van der Waals surface area contributed by atoms with Gasteiger partial charge in [0.1, 0.15) is 12.4 Å². The van der Waals surface area contributed by atoms with Gasteiger partial charge < -0.3 is 19.6 Å². The van der Waals surface area contributed by atoms with Gasteiger partial charge in [-0.15, -0.1) is 0 Å². The molecule has 1 aliphatic heterocycles. The first-order valence-corrected chi connectivity index (χ1v) is 11.4. The zero-order valence-electron chi connectivity index (χ0n) is 18.5. The van der Waals surface area contributed by atoms with Crippen LogP contribution in [0.2, 0.25) is 0 Å². The van der Waals surface area contributed by atoms with E-state index in [0.717, 1.165) is 36.5 Å². The number of unbranched alkanes of at least 4 members (excludes halogenated alkanes) is 3. The summed E-state index contributed by atoms with van der Waals surface area (Å²) >= 11 is 0. The summed E-state index contributed by atoms with van der Waals surface area (Å²) in [5.41, 5.74) is 0.